The molecule has 1 aromatic carbocycles. The Bertz CT molecular complexity index is 603. The van der Waals surface area contributed by atoms with Crippen molar-refractivity contribution >= 4 is 18.1 Å². The van der Waals surface area contributed by atoms with Gasteiger partial charge in [-0.3, -0.25) is 5.43 Å². The highest BCUT2D eigenvalue weighted by Crippen LogP contribution is 2.13. The number of anilines is 1. The van der Waals surface area contributed by atoms with Crippen molar-refractivity contribution < 1.29 is 0 Å². The van der Waals surface area contributed by atoms with Gasteiger partial charge in [0.25, 0.3) is 0 Å². The molecule has 1 heterocycles. The molecular formula is C20H25N3. The zero-order valence-electron chi connectivity index (χ0n) is 13.8. The lowest BCUT2D eigenvalue weighted by molar-refractivity contribution is 0.671. The molecule has 0 saturated carbocycles. The Morgan fingerprint density at radius 2 is 1.87 bits per heavy atom. The molecule has 3 nitrogen and oxygen atoms in total. The first-order chi connectivity index (χ1) is 11.4. The molecule has 0 saturated heterocycles. The Morgan fingerprint density at radius 1 is 1.04 bits per heavy atom. The molecule has 0 bridgehead atoms. The number of nitrogens with zero attached hydrogens (tertiary/aromatic N) is 2. The normalized spacial score (nSPS) is 11.8. The minimum absolute atomic E-state index is 0.758. The number of rotatable bonds is 9. The molecule has 0 aliphatic rings. The molecule has 0 fully saturated rings. The van der Waals surface area contributed by atoms with Crippen LogP contribution < -0.4 is 5.43 Å². The van der Waals surface area contributed by atoms with Crippen LogP contribution in [0.3, 0.4) is 0 Å². The number of unbranched alkanes of at least 4 members (excludes halogenated alkanes) is 3. The minimum atomic E-state index is 0.758. The molecule has 2 aromatic rings. The molecule has 0 amide bonds. The highest BCUT2D eigenvalue weighted by Gasteiger charge is 1.97. The summed E-state index contributed by atoms with van der Waals surface area (Å²) in [6.07, 6.45) is 11.9. The van der Waals surface area contributed by atoms with Gasteiger partial charge in [0.05, 0.1) is 6.21 Å². The molecule has 1 N–H and O–H groups in total. The molecule has 120 valence electrons. The molecule has 0 spiro atoms. The van der Waals surface area contributed by atoms with E-state index in [2.05, 4.69) is 52.8 Å². The number of hydrogen-bond donors (Lipinski definition) is 1. The van der Waals surface area contributed by atoms with Gasteiger partial charge in [-0.15, -0.1) is 0 Å². The SMILES string of the molecule is CCCCCCC(/C=N/Nc1ccccn1)=C\c1ccccc1. The van der Waals surface area contributed by atoms with Crippen LogP contribution in [0.25, 0.3) is 6.08 Å². The maximum Gasteiger partial charge on any atom is 0.146 e. The minimum Gasteiger partial charge on any atom is -0.261 e. The number of benzene rings is 1. The van der Waals surface area contributed by atoms with E-state index >= 15 is 0 Å². The fourth-order valence-corrected chi connectivity index (χ4v) is 2.30. The zero-order valence-corrected chi connectivity index (χ0v) is 13.8. The van der Waals surface area contributed by atoms with Gasteiger partial charge >= 0.3 is 0 Å². The molecule has 0 radical (unpaired) electrons. The summed E-state index contributed by atoms with van der Waals surface area (Å²) in [5, 5.41) is 4.33. The van der Waals surface area contributed by atoms with Crippen molar-refractivity contribution in [1.29, 1.82) is 0 Å². The van der Waals surface area contributed by atoms with Crippen LogP contribution in [0.15, 0.2) is 65.4 Å². The third-order valence-corrected chi connectivity index (χ3v) is 3.55. The fourth-order valence-electron chi connectivity index (χ4n) is 2.30. The predicted octanol–water partition coefficient (Wildman–Crippen LogP) is 5.53. The quantitative estimate of drug-likeness (QED) is 0.375. The molecule has 23 heavy (non-hydrogen) atoms. The lowest BCUT2D eigenvalue weighted by Gasteiger charge is -2.04. The van der Waals surface area contributed by atoms with E-state index in [-0.39, 0.29) is 0 Å². The van der Waals surface area contributed by atoms with Gasteiger partial charge in [0.15, 0.2) is 0 Å². The van der Waals surface area contributed by atoms with Crippen LogP contribution in [0.2, 0.25) is 0 Å². The second-order valence-electron chi connectivity index (χ2n) is 5.53. The van der Waals surface area contributed by atoms with Crippen LogP contribution in [-0.4, -0.2) is 11.2 Å². The number of hydrogen-bond acceptors (Lipinski definition) is 3. The van der Waals surface area contributed by atoms with E-state index in [9.17, 15) is 0 Å². The molecule has 0 aliphatic carbocycles. The van der Waals surface area contributed by atoms with Crippen LogP contribution in [-0.2, 0) is 0 Å². The van der Waals surface area contributed by atoms with Crippen LogP contribution in [0, 0.1) is 0 Å². The first-order valence-corrected chi connectivity index (χ1v) is 8.34. The Hall–Kier alpha value is -2.42. The van der Waals surface area contributed by atoms with E-state index in [4.69, 9.17) is 0 Å². The van der Waals surface area contributed by atoms with Gasteiger partial charge in [0.2, 0.25) is 0 Å². The summed E-state index contributed by atoms with van der Waals surface area (Å²) >= 11 is 0. The summed E-state index contributed by atoms with van der Waals surface area (Å²) in [5.41, 5.74) is 5.42. The maximum absolute atomic E-state index is 4.33. The molecule has 0 atom stereocenters. The van der Waals surface area contributed by atoms with Gasteiger partial charge in [-0.05, 0) is 36.1 Å². The van der Waals surface area contributed by atoms with Crippen LogP contribution in [0.4, 0.5) is 5.82 Å². The van der Waals surface area contributed by atoms with Crippen molar-refractivity contribution in [2.24, 2.45) is 5.10 Å². The number of aromatic nitrogens is 1. The van der Waals surface area contributed by atoms with E-state index in [1.165, 1.54) is 36.8 Å². The first-order valence-electron chi connectivity index (χ1n) is 8.34. The lowest BCUT2D eigenvalue weighted by atomic mass is 10.0. The summed E-state index contributed by atoms with van der Waals surface area (Å²) in [4.78, 5) is 4.20. The fraction of sp³-hybridized carbons (Fsp3) is 0.300. The molecule has 0 aliphatic heterocycles. The molecule has 3 heteroatoms. The second-order valence-corrected chi connectivity index (χ2v) is 5.53. The van der Waals surface area contributed by atoms with Crippen molar-refractivity contribution in [1.82, 2.24) is 4.98 Å². The van der Waals surface area contributed by atoms with Crippen molar-refractivity contribution in [2.75, 3.05) is 5.43 Å². The molecular weight excluding hydrogens is 282 g/mol. The average Bonchev–Trinajstić information content (AvgIpc) is 2.60. The van der Waals surface area contributed by atoms with E-state index in [1.807, 2.05) is 30.5 Å². The van der Waals surface area contributed by atoms with Gasteiger partial charge in [0, 0.05) is 6.20 Å². The number of pyridine rings is 1. The van der Waals surface area contributed by atoms with Crippen LogP contribution in [0.5, 0.6) is 0 Å². The monoisotopic (exact) mass is 307 g/mol. The standard InChI is InChI=1S/C20H25N3/c1-2-3-4-6-13-19(16-18-11-7-5-8-12-18)17-22-23-20-14-9-10-15-21-20/h5,7-12,14-17H,2-4,6,13H2,1H3,(H,21,23)/b19-16+,22-17+. The Kier molecular flexibility index (Phi) is 7.61. The van der Waals surface area contributed by atoms with Gasteiger partial charge in [-0.1, -0.05) is 68.7 Å². The van der Waals surface area contributed by atoms with E-state index < -0.39 is 0 Å². The van der Waals surface area contributed by atoms with E-state index in [0.717, 1.165) is 12.2 Å². The Balaban J connectivity index is 1.99. The van der Waals surface area contributed by atoms with Crippen LogP contribution in [0.1, 0.15) is 44.6 Å². The molecule has 2 rings (SSSR count). The second kappa shape index (κ2) is 10.3. The largest absolute Gasteiger partial charge is 0.261 e. The zero-order chi connectivity index (χ0) is 16.2. The van der Waals surface area contributed by atoms with Crippen molar-refractivity contribution in [3.8, 4) is 0 Å². The summed E-state index contributed by atoms with van der Waals surface area (Å²) < 4.78 is 0. The van der Waals surface area contributed by atoms with Gasteiger partial charge < -0.3 is 0 Å². The topological polar surface area (TPSA) is 37.3 Å². The lowest BCUT2D eigenvalue weighted by Crippen LogP contribution is -1.94. The summed E-state index contributed by atoms with van der Waals surface area (Å²) in [6.45, 7) is 2.24. The van der Waals surface area contributed by atoms with Gasteiger partial charge in [-0.25, -0.2) is 4.98 Å². The van der Waals surface area contributed by atoms with Crippen molar-refractivity contribution in [3.05, 3.63) is 65.9 Å². The highest BCUT2D eigenvalue weighted by molar-refractivity contribution is 5.85. The number of allylic oxidation sites excluding steroid dienone is 1. The van der Waals surface area contributed by atoms with Crippen LogP contribution >= 0.6 is 0 Å². The third-order valence-electron chi connectivity index (χ3n) is 3.55. The Labute approximate surface area is 139 Å². The summed E-state index contributed by atoms with van der Waals surface area (Å²) in [7, 11) is 0. The average molecular weight is 307 g/mol. The van der Waals surface area contributed by atoms with Gasteiger partial charge in [0.1, 0.15) is 5.82 Å². The summed E-state index contributed by atoms with van der Waals surface area (Å²) in [6, 6.07) is 16.1. The molecule has 1 aromatic heterocycles. The first kappa shape index (κ1) is 16.9. The van der Waals surface area contributed by atoms with E-state index in [1.54, 1.807) is 6.20 Å². The number of nitrogens with one attached hydrogen (secondary N) is 1. The van der Waals surface area contributed by atoms with Crippen molar-refractivity contribution in [3.63, 3.8) is 0 Å². The highest BCUT2D eigenvalue weighted by atomic mass is 15.3. The maximum atomic E-state index is 4.33. The van der Waals surface area contributed by atoms with E-state index in [0.29, 0.717) is 0 Å². The van der Waals surface area contributed by atoms with Crippen molar-refractivity contribution in [2.45, 2.75) is 39.0 Å². The molecule has 0 unspecified atom stereocenters. The smallest absolute Gasteiger partial charge is 0.146 e. The summed E-state index contributed by atoms with van der Waals surface area (Å²) in [5.74, 6) is 0.758. The Morgan fingerprint density at radius 3 is 2.61 bits per heavy atom. The van der Waals surface area contributed by atoms with Gasteiger partial charge in [-0.2, -0.15) is 5.10 Å². The third kappa shape index (κ3) is 6.92. The predicted molar refractivity (Wildman–Crippen MR) is 99.5 cm³/mol. The number of hydrazone groups is 1.